The Morgan fingerprint density at radius 3 is 2.72 bits per heavy atom. The van der Waals surface area contributed by atoms with Gasteiger partial charge in [-0.3, -0.25) is 0 Å². The van der Waals surface area contributed by atoms with E-state index in [0.29, 0.717) is 12.1 Å². The van der Waals surface area contributed by atoms with Gasteiger partial charge in [0, 0.05) is 12.6 Å². The highest BCUT2D eigenvalue weighted by atomic mass is 16.5. The lowest BCUT2D eigenvalue weighted by molar-refractivity contribution is 0.0811. The summed E-state index contributed by atoms with van der Waals surface area (Å²) in [7, 11) is 0. The molecule has 0 bridgehead atoms. The molecule has 3 heteroatoms. The lowest BCUT2D eigenvalue weighted by atomic mass is 9.89. The number of nitriles is 1. The minimum absolute atomic E-state index is 0.160. The van der Waals surface area contributed by atoms with E-state index in [1.807, 2.05) is 13.8 Å². The van der Waals surface area contributed by atoms with Gasteiger partial charge < -0.3 is 10.1 Å². The highest BCUT2D eigenvalue weighted by Crippen LogP contribution is 2.38. The molecule has 1 saturated heterocycles. The molecular weight excluding hydrogens is 224 g/mol. The summed E-state index contributed by atoms with van der Waals surface area (Å²) in [5.41, 5.74) is -0.160. The Kier molecular flexibility index (Phi) is 4.64. The van der Waals surface area contributed by atoms with E-state index in [1.165, 1.54) is 25.7 Å². The number of hydrogen-bond donors (Lipinski definition) is 1. The van der Waals surface area contributed by atoms with Crippen LogP contribution in [0.3, 0.4) is 0 Å². The van der Waals surface area contributed by atoms with Gasteiger partial charge in [0.25, 0.3) is 0 Å². The van der Waals surface area contributed by atoms with Crippen molar-refractivity contribution in [3.8, 4) is 6.07 Å². The number of unbranched alkanes of at least 4 members (excludes halogenated alkanes) is 1. The van der Waals surface area contributed by atoms with E-state index >= 15 is 0 Å². The third-order valence-corrected chi connectivity index (χ3v) is 4.16. The van der Waals surface area contributed by atoms with Gasteiger partial charge in [-0.2, -0.15) is 5.26 Å². The van der Waals surface area contributed by atoms with E-state index in [1.54, 1.807) is 0 Å². The fraction of sp³-hybridized carbons (Fsp3) is 0.933. The normalized spacial score (nSPS) is 28.3. The van der Waals surface area contributed by atoms with Crippen LogP contribution < -0.4 is 5.32 Å². The summed E-state index contributed by atoms with van der Waals surface area (Å²) < 4.78 is 5.81. The molecule has 2 atom stereocenters. The summed E-state index contributed by atoms with van der Waals surface area (Å²) >= 11 is 0. The second kappa shape index (κ2) is 6.04. The molecule has 1 aliphatic heterocycles. The topological polar surface area (TPSA) is 45.0 Å². The summed E-state index contributed by atoms with van der Waals surface area (Å²) in [6.45, 7) is 6.04. The third-order valence-electron chi connectivity index (χ3n) is 4.16. The molecule has 1 N–H and O–H groups in total. The minimum atomic E-state index is -0.160. The van der Waals surface area contributed by atoms with Crippen molar-refractivity contribution in [2.75, 3.05) is 13.2 Å². The van der Waals surface area contributed by atoms with Gasteiger partial charge in [0.1, 0.15) is 0 Å². The number of hydrogen-bond acceptors (Lipinski definition) is 3. The van der Waals surface area contributed by atoms with Gasteiger partial charge in [-0.05, 0) is 58.4 Å². The molecule has 0 aromatic heterocycles. The Morgan fingerprint density at radius 2 is 2.06 bits per heavy atom. The maximum Gasteiger partial charge on any atom is 0.0756 e. The van der Waals surface area contributed by atoms with Crippen LogP contribution in [0.1, 0.15) is 52.4 Å². The molecule has 3 nitrogen and oxygen atoms in total. The molecule has 0 radical (unpaired) electrons. The molecule has 0 aromatic carbocycles. The first-order valence-electron chi connectivity index (χ1n) is 7.39. The van der Waals surface area contributed by atoms with Crippen LogP contribution in [0.4, 0.5) is 0 Å². The lowest BCUT2D eigenvalue weighted by Gasteiger charge is -2.20. The van der Waals surface area contributed by atoms with Crippen LogP contribution in [-0.4, -0.2) is 25.3 Å². The zero-order valence-electron chi connectivity index (χ0n) is 11.7. The molecule has 102 valence electrons. The number of nitrogens with one attached hydrogen (secondary N) is 1. The fourth-order valence-corrected chi connectivity index (χ4v) is 2.75. The highest BCUT2D eigenvalue weighted by Gasteiger charge is 2.40. The Bertz CT molecular complexity index is 304. The Labute approximate surface area is 111 Å². The SMILES string of the molecule is CC(C)(C#N)CCCCNC1CCOC1C1CC1. The van der Waals surface area contributed by atoms with Crippen molar-refractivity contribution in [1.82, 2.24) is 5.32 Å². The molecule has 1 saturated carbocycles. The summed E-state index contributed by atoms with van der Waals surface area (Å²) in [4.78, 5) is 0. The van der Waals surface area contributed by atoms with Crippen LogP contribution >= 0.6 is 0 Å². The highest BCUT2D eigenvalue weighted by molar-refractivity contribution is 4.94. The zero-order chi connectivity index (χ0) is 13.0. The summed E-state index contributed by atoms with van der Waals surface area (Å²) in [5.74, 6) is 0.836. The van der Waals surface area contributed by atoms with Crippen molar-refractivity contribution >= 4 is 0 Å². The van der Waals surface area contributed by atoms with Crippen LogP contribution in [-0.2, 0) is 4.74 Å². The van der Waals surface area contributed by atoms with Gasteiger partial charge in [0.2, 0.25) is 0 Å². The first kappa shape index (κ1) is 13.8. The van der Waals surface area contributed by atoms with Crippen LogP contribution in [0, 0.1) is 22.7 Å². The predicted molar refractivity (Wildman–Crippen MR) is 72.1 cm³/mol. The second-order valence-corrected chi connectivity index (χ2v) is 6.47. The molecule has 1 aliphatic carbocycles. The van der Waals surface area contributed by atoms with Gasteiger partial charge >= 0.3 is 0 Å². The van der Waals surface area contributed by atoms with Gasteiger partial charge in [0.05, 0.1) is 17.6 Å². The van der Waals surface area contributed by atoms with Crippen LogP contribution in [0.25, 0.3) is 0 Å². The minimum Gasteiger partial charge on any atom is -0.376 e. The first-order valence-corrected chi connectivity index (χ1v) is 7.39. The summed E-state index contributed by atoms with van der Waals surface area (Å²) in [5, 5.41) is 12.6. The van der Waals surface area contributed by atoms with Gasteiger partial charge in [0.15, 0.2) is 0 Å². The summed E-state index contributed by atoms with van der Waals surface area (Å²) in [6, 6.07) is 2.95. The molecular formula is C15H26N2O. The standard InChI is InChI=1S/C15H26N2O/c1-15(2,11-16)8-3-4-9-17-13-7-10-18-14(13)12-5-6-12/h12-14,17H,3-10H2,1-2H3. The van der Waals surface area contributed by atoms with E-state index in [-0.39, 0.29) is 5.41 Å². The van der Waals surface area contributed by atoms with Crippen molar-refractivity contribution in [3.63, 3.8) is 0 Å². The second-order valence-electron chi connectivity index (χ2n) is 6.47. The Balaban J connectivity index is 1.57. The van der Waals surface area contributed by atoms with E-state index in [0.717, 1.165) is 31.9 Å². The van der Waals surface area contributed by atoms with Crippen LogP contribution in [0.5, 0.6) is 0 Å². The molecule has 2 unspecified atom stereocenters. The van der Waals surface area contributed by atoms with E-state index in [2.05, 4.69) is 11.4 Å². The molecule has 2 aliphatic rings. The van der Waals surface area contributed by atoms with Crippen molar-refractivity contribution in [1.29, 1.82) is 5.26 Å². The zero-order valence-corrected chi connectivity index (χ0v) is 11.7. The molecule has 2 fully saturated rings. The number of nitrogens with zero attached hydrogens (tertiary/aromatic N) is 1. The first-order chi connectivity index (χ1) is 8.62. The maximum absolute atomic E-state index is 8.94. The van der Waals surface area contributed by atoms with Crippen LogP contribution in [0.2, 0.25) is 0 Å². The monoisotopic (exact) mass is 250 g/mol. The van der Waals surface area contributed by atoms with Gasteiger partial charge in [-0.15, -0.1) is 0 Å². The quantitative estimate of drug-likeness (QED) is 0.707. The van der Waals surface area contributed by atoms with E-state index in [4.69, 9.17) is 10.00 Å². The molecule has 18 heavy (non-hydrogen) atoms. The molecule has 0 aromatic rings. The lowest BCUT2D eigenvalue weighted by Crippen LogP contribution is -2.38. The van der Waals surface area contributed by atoms with E-state index < -0.39 is 0 Å². The van der Waals surface area contributed by atoms with Gasteiger partial charge in [-0.1, -0.05) is 6.42 Å². The molecule has 1 heterocycles. The molecule has 0 spiro atoms. The van der Waals surface area contributed by atoms with Crippen molar-refractivity contribution in [2.45, 2.75) is 64.5 Å². The van der Waals surface area contributed by atoms with Crippen molar-refractivity contribution in [2.24, 2.45) is 11.3 Å². The summed E-state index contributed by atoms with van der Waals surface area (Å²) in [6.07, 6.45) is 7.68. The predicted octanol–water partition coefficient (Wildman–Crippen LogP) is 2.86. The molecule has 2 rings (SSSR count). The smallest absolute Gasteiger partial charge is 0.0756 e. The number of ether oxygens (including phenoxy) is 1. The van der Waals surface area contributed by atoms with Crippen molar-refractivity contribution < 1.29 is 4.74 Å². The van der Waals surface area contributed by atoms with Gasteiger partial charge in [-0.25, -0.2) is 0 Å². The van der Waals surface area contributed by atoms with Crippen LogP contribution in [0.15, 0.2) is 0 Å². The van der Waals surface area contributed by atoms with Crippen molar-refractivity contribution in [3.05, 3.63) is 0 Å². The Hall–Kier alpha value is -0.590. The molecule has 0 amide bonds. The average molecular weight is 250 g/mol. The Morgan fingerprint density at radius 1 is 1.28 bits per heavy atom. The third kappa shape index (κ3) is 3.96. The van der Waals surface area contributed by atoms with E-state index in [9.17, 15) is 0 Å². The maximum atomic E-state index is 8.94. The largest absolute Gasteiger partial charge is 0.376 e. The fourth-order valence-electron chi connectivity index (χ4n) is 2.75. The average Bonchev–Trinajstić information content (AvgIpc) is 3.09. The number of rotatable bonds is 7.